The molecule has 2 N–H and O–H groups in total. The monoisotopic (exact) mass is 338 g/mol. The van der Waals surface area contributed by atoms with E-state index in [-0.39, 0.29) is 23.9 Å². The van der Waals surface area contributed by atoms with Gasteiger partial charge < -0.3 is 15.2 Å². The Morgan fingerprint density at radius 3 is 3.00 bits per heavy atom. The number of fused-ring (bicyclic) bond motifs is 1. The Bertz CT molecular complexity index is 596. The van der Waals surface area contributed by atoms with Crippen molar-refractivity contribution in [3.05, 3.63) is 35.6 Å². The molecule has 126 valence electrons. The topological polar surface area (TPSA) is 56.8 Å². The highest BCUT2D eigenvalue weighted by atomic mass is 32.2. The first-order valence-electron chi connectivity index (χ1n) is 7.97. The van der Waals surface area contributed by atoms with Crippen molar-refractivity contribution in [1.82, 2.24) is 0 Å². The van der Waals surface area contributed by atoms with Crippen molar-refractivity contribution in [1.29, 1.82) is 0 Å². The Hall–Kier alpha value is -1.11. The summed E-state index contributed by atoms with van der Waals surface area (Å²) in [5.41, 5.74) is 5.82. The average Bonchev–Trinajstić information content (AvgIpc) is 2.53. The van der Waals surface area contributed by atoms with Gasteiger partial charge in [-0.05, 0) is 26.3 Å². The van der Waals surface area contributed by atoms with Crippen LogP contribution in [0.25, 0.3) is 0 Å². The number of halogens is 1. The number of benzene rings is 1. The number of ether oxygens (including phenoxy) is 2. The molecule has 1 fully saturated rings. The second-order valence-corrected chi connectivity index (χ2v) is 7.45. The van der Waals surface area contributed by atoms with E-state index >= 15 is 0 Å². The van der Waals surface area contributed by atoms with Gasteiger partial charge in [0, 0.05) is 17.2 Å². The number of hydrogen-bond acceptors (Lipinski definition) is 5. The van der Waals surface area contributed by atoms with E-state index in [1.165, 1.54) is 17.8 Å². The minimum absolute atomic E-state index is 0.0254. The van der Waals surface area contributed by atoms with Gasteiger partial charge in [0.2, 0.25) is 0 Å². The zero-order valence-corrected chi connectivity index (χ0v) is 14.3. The first-order valence-corrected chi connectivity index (χ1v) is 8.96. The van der Waals surface area contributed by atoms with Gasteiger partial charge in [0.15, 0.2) is 5.17 Å². The van der Waals surface area contributed by atoms with E-state index in [4.69, 9.17) is 15.2 Å². The largest absolute Gasteiger partial charge is 0.379 e. The van der Waals surface area contributed by atoms with Crippen LogP contribution in [0.5, 0.6) is 0 Å². The number of nitrogens with zero attached hydrogens (tertiary/aromatic N) is 1. The number of thioether (sulfide) groups is 1. The van der Waals surface area contributed by atoms with Crippen LogP contribution in [0.3, 0.4) is 0 Å². The van der Waals surface area contributed by atoms with Crippen molar-refractivity contribution in [2.24, 2.45) is 16.6 Å². The normalized spacial score (nSPS) is 30.9. The summed E-state index contributed by atoms with van der Waals surface area (Å²) >= 11 is 1.54. The molecular weight excluding hydrogens is 315 g/mol. The van der Waals surface area contributed by atoms with Crippen LogP contribution < -0.4 is 5.73 Å². The molecule has 3 atom stereocenters. The Labute approximate surface area is 140 Å². The van der Waals surface area contributed by atoms with Crippen LogP contribution in [0.4, 0.5) is 4.39 Å². The lowest BCUT2D eigenvalue weighted by molar-refractivity contribution is -0.0985. The molecule has 0 radical (unpaired) electrons. The highest BCUT2D eigenvalue weighted by molar-refractivity contribution is 8.13. The van der Waals surface area contributed by atoms with Crippen molar-refractivity contribution < 1.29 is 13.9 Å². The molecule has 1 saturated heterocycles. The van der Waals surface area contributed by atoms with Gasteiger partial charge in [-0.25, -0.2) is 9.38 Å². The average molecular weight is 338 g/mol. The molecular formula is C17H23FN2O2S. The molecule has 0 aromatic heterocycles. The number of nitrogens with two attached hydrogens (primary N) is 1. The lowest BCUT2D eigenvalue weighted by atomic mass is 9.75. The SMILES string of the molecule is CC(C)OCC1CC2CSC(N)=NC2(c2ccccc2F)CO1. The molecule has 2 aliphatic heterocycles. The highest BCUT2D eigenvalue weighted by Crippen LogP contribution is 2.46. The van der Waals surface area contributed by atoms with E-state index in [1.54, 1.807) is 12.1 Å². The fourth-order valence-corrected chi connectivity index (χ4v) is 4.28. The zero-order chi connectivity index (χ0) is 16.4. The van der Waals surface area contributed by atoms with Crippen LogP contribution in [0.15, 0.2) is 29.3 Å². The van der Waals surface area contributed by atoms with Gasteiger partial charge in [-0.3, -0.25) is 0 Å². The second-order valence-electron chi connectivity index (χ2n) is 6.41. The molecule has 3 unspecified atom stereocenters. The summed E-state index contributed by atoms with van der Waals surface area (Å²) in [6.45, 7) is 4.92. The van der Waals surface area contributed by atoms with E-state index in [9.17, 15) is 4.39 Å². The number of rotatable bonds is 4. The predicted octanol–water partition coefficient (Wildman–Crippen LogP) is 2.91. The molecule has 0 spiro atoms. The van der Waals surface area contributed by atoms with E-state index in [0.29, 0.717) is 23.9 Å². The van der Waals surface area contributed by atoms with Crippen molar-refractivity contribution in [2.75, 3.05) is 19.0 Å². The third-order valence-electron chi connectivity index (χ3n) is 4.46. The summed E-state index contributed by atoms with van der Waals surface area (Å²) in [4.78, 5) is 4.65. The highest BCUT2D eigenvalue weighted by Gasteiger charge is 2.49. The maximum Gasteiger partial charge on any atom is 0.154 e. The molecule has 0 bridgehead atoms. The molecule has 0 amide bonds. The van der Waals surface area contributed by atoms with Gasteiger partial charge in [0.1, 0.15) is 11.4 Å². The van der Waals surface area contributed by atoms with Gasteiger partial charge in [0.05, 0.1) is 25.4 Å². The molecule has 2 heterocycles. The van der Waals surface area contributed by atoms with Crippen LogP contribution >= 0.6 is 11.8 Å². The quantitative estimate of drug-likeness (QED) is 0.917. The molecule has 1 aromatic carbocycles. The second kappa shape index (κ2) is 6.79. The van der Waals surface area contributed by atoms with E-state index in [1.807, 2.05) is 19.9 Å². The first-order chi connectivity index (χ1) is 11.0. The lowest BCUT2D eigenvalue weighted by Gasteiger charge is -2.46. The summed E-state index contributed by atoms with van der Waals surface area (Å²) in [6.07, 6.45) is 0.994. The van der Waals surface area contributed by atoms with Crippen LogP contribution in [0, 0.1) is 11.7 Å². The van der Waals surface area contributed by atoms with Crippen LogP contribution in [-0.4, -0.2) is 36.3 Å². The van der Waals surface area contributed by atoms with Gasteiger partial charge in [-0.2, -0.15) is 0 Å². The van der Waals surface area contributed by atoms with Crippen molar-refractivity contribution in [3.8, 4) is 0 Å². The Morgan fingerprint density at radius 2 is 2.26 bits per heavy atom. The Morgan fingerprint density at radius 1 is 1.48 bits per heavy atom. The maximum atomic E-state index is 14.4. The van der Waals surface area contributed by atoms with Crippen LogP contribution in [0.2, 0.25) is 0 Å². The molecule has 23 heavy (non-hydrogen) atoms. The van der Waals surface area contributed by atoms with Gasteiger partial charge in [0.25, 0.3) is 0 Å². The minimum atomic E-state index is -0.713. The van der Waals surface area contributed by atoms with Gasteiger partial charge in [-0.1, -0.05) is 30.0 Å². The van der Waals surface area contributed by atoms with E-state index < -0.39 is 5.54 Å². The molecule has 1 aromatic rings. The smallest absolute Gasteiger partial charge is 0.154 e. The third kappa shape index (κ3) is 3.39. The number of amidine groups is 1. The number of aliphatic imine (C=N–C) groups is 1. The van der Waals surface area contributed by atoms with Crippen molar-refractivity contribution in [3.63, 3.8) is 0 Å². The third-order valence-corrected chi connectivity index (χ3v) is 5.42. The molecule has 4 nitrogen and oxygen atoms in total. The first kappa shape index (κ1) is 16.7. The molecule has 2 aliphatic rings. The molecule has 0 aliphatic carbocycles. The summed E-state index contributed by atoms with van der Waals surface area (Å²) < 4.78 is 26.1. The summed E-state index contributed by atoms with van der Waals surface area (Å²) in [6, 6.07) is 6.80. The van der Waals surface area contributed by atoms with Gasteiger partial charge in [-0.15, -0.1) is 0 Å². The predicted molar refractivity (Wildman–Crippen MR) is 91.1 cm³/mol. The molecule has 0 saturated carbocycles. The summed E-state index contributed by atoms with van der Waals surface area (Å²) in [5, 5.41) is 0.505. The fourth-order valence-electron chi connectivity index (χ4n) is 3.27. The van der Waals surface area contributed by atoms with Crippen molar-refractivity contribution in [2.45, 2.75) is 38.0 Å². The van der Waals surface area contributed by atoms with Crippen molar-refractivity contribution >= 4 is 16.9 Å². The Kier molecular flexibility index (Phi) is 4.94. The minimum Gasteiger partial charge on any atom is -0.379 e. The fraction of sp³-hybridized carbons (Fsp3) is 0.588. The molecule has 6 heteroatoms. The van der Waals surface area contributed by atoms with Crippen LogP contribution in [0.1, 0.15) is 25.8 Å². The zero-order valence-electron chi connectivity index (χ0n) is 13.5. The summed E-state index contributed by atoms with van der Waals surface area (Å²) in [7, 11) is 0. The lowest BCUT2D eigenvalue weighted by Crippen LogP contribution is -2.51. The Balaban J connectivity index is 1.88. The summed E-state index contributed by atoms with van der Waals surface area (Å²) in [5.74, 6) is 0.762. The standard InChI is InChI=1S/C17H23FN2O2S/c1-11(2)21-8-13-7-12-9-23-16(19)20-17(12,10-22-13)14-5-3-4-6-15(14)18/h3-6,11-13H,7-10H2,1-2H3,(H2,19,20). The van der Waals surface area contributed by atoms with Crippen LogP contribution in [-0.2, 0) is 15.0 Å². The van der Waals surface area contributed by atoms with E-state index in [0.717, 1.165) is 12.2 Å². The van der Waals surface area contributed by atoms with E-state index in [2.05, 4.69) is 4.99 Å². The number of hydrogen-bond donors (Lipinski definition) is 1. The molecule has 3 rings (SSSR count). The van der Waals surface area contributed by atoms with Gasteiger partial charge >= 0.3 is 0 Å². The maximum absolute atomic E-state index is 14.4.